The third kappa shape index (κ3) is 3.59. The minimum absolute atomic E-state index is 0.0711. The SMILES string of the molecule is CCC1(CNCCS(=O)(=O)c2cccc(C#N)c2)CC1. The highest BCUT2D eigenvalue weighted by atomic mass is 32.2. The van der Waals surface area contributed by atoms with E-state index in [0.717, 1.165) is 13.0 Å². The smallest absolute Gasteiger partial charge is 0.179 e. The molecule has 0 bridgehead atoms. The Balaban J connectivity index is 1.89. The molecule has 0 spiro atoms. The fourth-order valence-electron chi connectivity index (χ4n) is 2.27. The van der Waals surface area contributed by atoms with Gasteiger partial charge in [-0.15, -0.1) is 0 Å². The van der Waals surface area contributed by atoms with Crippen LogP contribution in [0.5, 0.6) is 0 Å². The highest BCUT2D eigenvalue weighted by Gasteiger charge is 2.39. The van der Waals surface area contributed by atoms with Crippen molar-refractivity contribution in [3.63, 3.8) is 0 Å². The van der Waals surface area contributed by atoms with Crippen LogP contribution in [0.3, 0.4) is 0 Å². The molecule has 1 aromatic rings. The molecule has 1 aliphatic carbocycles. The van der Waals surface area contributed by atoms with E-state index in [9.17, 15) is 8.42 Å². The maximum Gasteiger partial charge on any atom is 0.179 e. The first kappa shape index (κ1) is 15.0. The number of rotatable bonds is 7. The molecule has 1 fully saturated rings. The molecule has 1 N–H and O–H groups in total. The fraction of sp³-hybridized carbons (Fsp3) is 0.533. The first-order valence-corrected chi connectivity index (χ1v) is 8.60. The molecule has 1 aliphatic rings. The summed E-state index contributed by atoms with van der Waals surface area (Å²) in [6.45, 7) is 3.54. The van der Waals surface area contributed by atoms with Crippen LogP contribution in [0.25, 0.3) is 0 Å². The zero-order chi connectivity index (χ0) is 14.6. The van der Waals surface area contributed by atoms with Gasteiger partial charge < -0.3 is 5.32 Å². The van der Waals surface area contributed by atoms with Crippen LogP contribution in [0, 0.1) is 16.7 Å². The number of benzene rings is 1. The first-order chi connectivity index (χ1) is 9.51. The topological polar surface area (TPSA) is 70.0 Å². The van der Waals surface area contributed by atoms with Crippen molar-refractivity contribution in [2.45, 2.75) is 31.1 Å². The van der Waals surface area contributed by atoms with Crippen LogP contribution in [-0.2, 0) is 9.84 Å². The van der Waals surface area contributed by atoms with Crippen LogP contribution >= 0.6 is 0 Å². The Bertz CT molecular complexity index is 613. The Labute approximate surface area is 120 Å². The first-order valence-electron chi connectivity index (χ1n) is 6.95. The van der Waals surface area contributed by atoms with E-state index in [2.05, 4.69) is 12.2 Å². The summed E-state index contributed by atoms with van der Waals surface area (Å²) in [4.78, 5) is 0.231. The lowest BCUT2D eigenvalue weighted by Crippen LogP contribution is -2.28. The van der Waals surface area contributed by atoms with Gasteiger partial charge in [-0.2, -0.15) is 5.26 Å². The van der Waals surface area contributed by atoms with Crippen molar-refractivity contribution in [2.24, 2.45) is 5.41 Å². The molecule has 2 rings (SSSR count). The third-order valence-electron chi connectivity index (χ3n) is 4.08. The van der Waals surface area contributed by atoms with Crippen LogP contribution < -0.4 is 5.32 Å². The van der Waals surface area contributed by atoms with Crippen LogP contribution in [-0.4, -0.2) is 27.3 Å². The van der Waals surface area contributed by atoms with Gasteiger partial charge in [-0.05, 0) is 42.9 Å². The Morgan fingerprint density at radius 1 is 1.40 bits per heavy atom. The highest BCUT2D eigenvalue weighted by molar-refractivity contribution is 7.91. The molecule has 0 atom stereocenters. The number of nitriles is 1. The molecule has 0 aliphatic heterocycles. The Hall–Kier alpha value is -1.38. The Morgan fingerprint density at radius 2 is 2.15 bits per heavy atom. The predicted molar refractivity (Wildman–Crippen MR) is 78.0 cm³/mol. The second-order valence-corrected chi connectivity index (χ2v) is 7.60. The van der Waals surface area contributed by atoms with Gasteiger partial charge in [0, 0.05) is 13.1 Å². The highest BCUT2D eigenvalue weighted by Crippen LogP contribution is 2.47. The lowest BCUT2D eigenvalue weighted by Gasteiger charge is -2.13. The van der Waals surface area contributed by atoms with Gasteiger partial charge in [0.1, 0.15) is 0 Å². The van der Waals surface area contributed by atoms with Crippen molar-refractivity contribution in [3.05, 3.63) is 29.8 Å². The van der Waals surface area contributed by atoms with E-state index in [1.54, 1.807) is 18.2 Å². The van der Waals surface area contributed by atoms with Crippen LogP contribution in [0.15, 0.2) is 29.2 Å². The van der Waals surface area contributed by atoms with Crippen molar-refractivity contribution in [1.82, 2.24) is 5.32 Å². The Kier molecular flexibility index (Phi) is 4.46. The second-order valence-electron chi connectivity index (χ2n) is 5.49. The molecule has 108 valence electrons. The third-order valence-corrected chi connectivity index (χ3v) is 5.79. The van der Waals surface area contributed by atoms with Gasteiger partial charge in [-0.25, -0.2) is 8.42 Å². The maximum absolute atomic E-state index is 12.2. The summed E-state index contributed by atoms with van der Waals surface area (Å²) in [7, 11) is -3.31. The van der Waals surface area contributed by atoms with E-state index in [-0.39, 0.29) is 10.6 Å². The van der Waals surface area contributed by atoms with Crippen LogP contribution in [0.4, 0.5) is 0 Å². The van der Waals surface area contributed by atoms with E-state index < -0.39 is 9.84 Å². The minimum Gasteiger partial charge on any atom is -0.315 e. The molecule has 0 aromatic heterocycles. The zero-order valence-corrected chi connectivity index (χ0v) is 12.5. The number of nitrogens with zero attached hydrogens (tertiary/aromatic N) is 1. The molecule has 0 saturated heterocycles. The van der Waals surface area contributed by atoms with E-state index >= 15 is 0 Å². The molecule has 20 heavy (non-hydrogen) atoms. The standard InChI is InChI=1S/C15H20N2O2S/c1-2-15(6-7-15)12-17-8-9-20(18,19)14-5-3-4-13(10-14)11-16/h3-5,10,17H,2,6-9,12H2,1H3. The normalized spacial score (nSPS) is 16.6. The van der Waals surface area contributed by atoms with Crippen molar-refractivity contribution in [3.8, 4) is 6.07 Å². The second kappa shape index (κ2) is 5.94. The van der Waals surface area contributed by atoms with E-state index in [1.165, 1.54) is 18.9 Å². The molecule has 0 amide bonds. The summed E-state index contributed by atoms with van der Waals surface area (Å²) in [6.07, 6.45) is 3.64. The fourth-order valence-corrected chi connectivity index (χ4v) is 3.51. The van der Waals surface area contributed by atoms with Crippen LogP contribution in [0.1, 0.15) is 31.7 Å². The number of sulfone groups is 1. The summed E-state index contributed by atoms with van der Waals surface area (Å²) in [6, 6.07) is 8.16. The van der Waals surface area contributed by atoms with E-state index in [0.29, 0.717) is 17.5 Å². The van der Waals surface area contributed by atoms with Gasteiger partial charge in [0.05, 0.1) is 22.3 Å². The molecule has 0 unspecified atom stereocenters. The number of hydrogen-bond donors (Lipinski definition) is 1. The quantitative estimate of drug-likeness (QED) is 0.781. The molecule has 0 radical (unpaired) electrons. The molecule has 1 saturated carbocycles. The molecule has 4 nitrogen and oxygen atoms in total. The average molecular weight is 292 g/mol. The predicted octanol–water partition coefficient (Wildman–Crippen LogP) is 2.11. The van der Waals surface area contributed by atoms with Gasteiger partial charge in [0.15, 0.2) is 9.84 Å². The van der Waals surface area contributed by atoms with Gasteiger partial charge in [-0.1, -0.05) is 13.0 Å². The summed E-state index contributed by atoms with van der Waals surface area (Å²) in [5.74, 6) is 0.0711. The van der Waals surface area contributed by atoms with Gasteiger partial charge in [-0.3, -0.25) is 0 Å². The molecule has 1 aromatic carbocycles. The lowest BCUT2D eigenvalue weighted by molar-refractivity contribution is 0.450. The Morgan fingerprint density at radius 3 is 2.75 bits per heavy atom. The lowest BCUT2D eigenvalue weighted by atomic mass is 10.0. The summed E-state index contributed by atoms with van der Waals surface area (Å²) < 4.78 is 24.3. The molecular formula is C15H20N2O2S. The molecule has 5 heteroatoms. The number of nitrogens with one attached hydrogen (secondary N) is 1. The average Bonchev–Trinajstić information content (AvgIpc) is 3.24. The van der Waals surface area contributed by atoms with Gasteiger partial charge in [0.25, 0.3) is 0 Å². The van der Waals surface area contributed by atoms with Gasteiger partial charge in [0.2, 0.25) is 0 Å². The van der Waals surface area contributed by atoms with Crippen molar-refractivity contribution in [2.75, 3.05) is 18.8 Å². The van der Waals surface area contributed by atoms with Crippen LogP contribution in [0.2, 0.25) is 0 Å². The molecule has 0 heterocycles. The minimum atomic E-state index is -3.31. The van der Waals surface area contributed by atoms with Crippen molar-refractivity contribution >= 4 is 9.84 Å². The summed E-state index contributed by atoms with van der Waals surface area (Å²) in [5, 5.41) is 12.1. The van der Waals surface area contributed by atoms with Gasteiger partial charge >= 0.3 is 0 Å². The maximum atomic E-state index is 12.2. The summed E-state index contributed by atoms with van der Waals surface area (Å²) in [5.41, 5.74) is 0.798. The van der Waals surface area contributed by atoms with E-state index in [1.807, 2.05) is 6.07 Å². The molecular weight excluding hydrogens is 272 g/mol. The van der Waals surface area contributed by atoms with E-state index in [4.69, 9.17) is 5.26 Å². The largest absolute Gasteiger partial charge is 0.315 e. The number of hydrogen-bond acceptors (Lipinski definition) is 4. The monoisotopic (exact) mass is 292 g/mol. The van der Waals surface area contributed by atoms with Crippen molar-refractivity contribution < 1.29 is 8.42 Å². The summed E-state index contributed by atoms with van der Waals surface area (Å²) >= 11 is 0. The van der Waals surface area contributed by atoms with Crippen molar-refractivity contribution in [1.29, 1.82) is 5.26 Å². The zero-order valence-electron chi connectivity index (χ0n) is 11.7.